The Bertz CT molecular complexity index is 508. The summed E-state index contributed by atoms with van der Waals surface area (Å²) in [5.74, 6) is -1.37. The van der Waals surface area contributed by atoms with Gasteiger partial charge in [-0.3, -0.25) is 4.79 Å². The zero-order chi connectivity index (χ0) is 14.7. The van der Waals surface area contributed by atoms with Crippen molar-refractivity contribution in [2.45, 2.75) is 62.1 Å². The average molecular weight is 304 g/mol. The highest BCUT2D eigenvalue weighted by atomic mass is 35.5. The Hall–Kier alpha value is -1.05. The third kappa shape index (κ3) is 1.96. The first-order chi connectivity index (χ1) is 9.28. The van der Waals surface area contributed by atoms with Crippen LogP contribution in [-0.2, 0) is 23.7 Å². The fourth-order valence-electron chi connectivity index (χ4n) is 2.91. The molecule has 2 aliphatic heterocycles. The van der Waals surface area contributed by atoms with Gasteiger partial charge in [-0.2, -0.15) is 0 Å². The maximum atomic E-state index is 11.3. The van der Waals surface area contributed by atoms with Gasteiger partial charge in [0.15, 0.2) is 10.8 Å². The van der Waals surface area contributed by atoms with Crippen molar-refractivity contribution in [1.82, 2.24) is 0 Å². The number of epoxide rings is 1. The summed E-state index contributed by atoms with van der Waals surface area (Å²) in [5.41, 5.74) is 8.68. The zero-order valence-corrected chi connectivity index (χ0v) is 11.9. The molecule has 2 unspecified atom stereocenters. The monoisotopic (exact) mass is 303 g/mol. The van der Waals surface area contributed by atoms with Gasteiger partial charge in [-0.25, -0.2) is 0 Å². The van der Waals surface area contributed by atoms with E-state index in [1.807, 2.05) is 0 Å². The van der Waals surface area contributed by atoms with E-state index in [0.29, 0.717) is 0 Å². The number of ether oxygens (including phenoxy) is 4. The lowest BCUT2D eigenvalue weighted by molar-refractivity contribution is -0.171. The van der Waals surface area contributed by atoms with E-state index in [0.717, 1.165) is 0 Å². The summed E-state index contributed by atoms with van der Waals surface area (Å²) < 4.78 is 22.2. The molecular weight excluding hydrogens is 290 g/mol. The summed E-state index contributed by atoms with van der Waals surface area (Å²) >= 11 is 6.36. The molecule has 9 heteroatoms. The average Bonchev–Trinajstić information content (AvgIpc) is 2.89. The summed E-state index contributed by atoms with van der Waals surface area (Å²) in [6.45, 7) is 4.74. The van der Waals surface area contributed by atoms with Crippen molar-refractivity contribution < 1.29 is 23.7 Å². The number of hydrogen-bond acceptors (Lipinski definition) is 6. The van der Waals surface area contributed by atoms with Gasteiger partial charge in [0.1, 0.15) is 30.5 Å². The first-order valence-electron chi connectivity index (χ1n) is 6.22. The van der Waals surface area contributed by atoms with Crippen molar-refractivity contribution in [1.29, 1.82) is 0 Å². The van der Waals surface area contributed by atoms with Crippen LogP contribution in [0.3, 0.4) is 0 Å². The van der Waals surface area contributed by atoms with E-state index in [9.17, 15) is 4.79 Å². The van der Waals surface area contributed by atoms with Gasteiger partial charge in [0, 0.05) is 11.8 Å². The van der Waals surface area contributed by atoms with E-state index in [1.54, 1.807) is 13.8 Å². The van der Waals surface area contributed by atoms with E-state index >= 15 is 0 Å². The number of halogens is 1. The van der Waals surface area contributed by atoms with Crippen molar-refractivity contribution in [3.05, 3.63) is 10.4 Å². The lowest BCUT2D eigenvalue weighted by Crippen LogP contribution is -2.56. The van der Waals surface area contributed by atoms with Crippen LogP contribution in [-0.4, -0.2) is 47.3 Å². The van der Waals surface area contributed by atoms with Gasteiger partial charge in [0.25, 0.3) is 0 Å². The summed E-state index contributed by atoms with van der Waals surface area (Å²) in [6, 6.07) is -0.736. The quantitative estimate of drug-likeness (QED) is 0.192. The minimum atomic E-state index is -1.09. The molecule has 0 radical (unpaired) electrons. The first kappa shape index (κ1) is 13.9. The second-order valence-electron chi connectivity index (χ2n) is 5.53. The highest BCUT2D eigenvalue weighted by Gasteiger charge is 2.76. The van der Waals surface area contributed by atoms with Crippen molar-refractivity contribution in [3.8, 4) is 0 Å². The Labute approximate surface area is 119 Å². The molecule has 2 heterocycles. The molecule has 8 nitrogen and oxygen atoms in total. The largest absolute Gasteiger partial charge is 0.459 e. The third-order valence-corrected chi connectivity index (χ3v) is 4.13. The molecule has 110 valence electrons. The molecule has 0 bridgehead atoms. The molecule has 20 heavy (non-hydrogen) atoms. The van der Waals surface area contributed by atoms with Crippen LogP contribution in [0.25, 0.3) is 10.4 Å². The lowest BCUT2D eigenvalue weighted by atomic mass is 9.87. The predicted molar refractivity (Wildman–Crippen MR) is 65.8 cm³/mol. The molecule has 6 atom stereocenters. The molecular formula is C11H14ClN3O5. The smallest absolute Gasteiger partial charge is 0.303 e. The molecule has 1 aliphatic carbocycles. The van der Waals surface area contributed by atoms with E-state index < -0.39 is 47.3 Å². The topological polar surface area (TPSA) is 106 Å². The number of rotatable bonds is 2. The number of carbonyl (C=O) groups is 1. The van der Waals surface area contributed by atoms with Crippen LogP contribution >= 0.6 is 11.6 Å². The Morgan fingerprint density at radius 2 is 2.05 bits per heavy atom. The van der Waals surface area contributed by atoms with Gasteiger partial charge in [-0.05, 0) is 19.4 Å². The van der Waals surface area contributed by atoms with Gasteiger partial charge in [0.2, 0.25) is 0 Å². The number of azide groups is 1. The second-order valence-corrected chi connectivity index (χ2v) is 6.12. The minimum Gasteiger partial charge on any atom is -0.459 e. The Morgan fingerprint density at radius 1 is 1.35 bits per heavy atom. The molecule has 0 aromatic heterocycles. The molecule has 3 fully saturated rings. The molecule has 0 spiro atoms. The van der Waals surface area contributed by atoms with E-state index in [4.69, 9.17) is 36.1 Å². The molecule has 3 aliphatic rings. The molecule has 0 amide bonds. The SMILES string of the molecule is CC(=O)O[C@H]1[C@@H]2OC(C)(C)O[C@@H]2C2(Cl)OC2[C@@H]1N=[N+]=[N-]. The standard InChI is InChI=1S/C11H14ClN3O5/c1-4(16)17-6-5(14-15-13)8-11(12,20-8)9-7(6)18-10(2,3)19-9/h5-9H,1-3H3/t5-,6-,7+,8?,9+,11?/m1/s1. The number of fused-ring (bicyclic) bond motifs is 3. The van der Waals surface area contributed by atoms with E-state index in [2.05, 4.69) is 10.0 Å². The summed E-state index contributed by atoms with van der Waals surface area (Å²) in [5, 5.41) is 2.56. The molecule has 0 N–H and O–H groups in total. The van der Waals surface area contributed by atoms with E-state index in [1.165, 1.54) is 6.92 Å². The Balaban J connectivity index is 1.96. The molecule has 3 rings (SSSR count). The van der Waals surface area contributed by atoms with Crippen LogP contribution in [0.15, 0.2) is 5.11 Å². The fourth-order valence-corrected chi connectivity index (χ4v) is 3.30. The number of carbonyl (C=O) groups excluding carboxylic acids is 1. The van der Waals surface area contributed by atoms with Crippen molar-refractivity contribution in [2.75, 3.05) is 0 Å². The van der Waals surface area contributed by atoms with Gasteiger partial charge < -0.3 is 18.9 Å². The second kappa shape index (κ2) is 4.22. The van der Waals surface area contributed by atoms with Crippen molar-refractivity contribution in [3.63, 3.8) is 0 Å². The number of hydrogen-bond donors (Lipinski definition) is 0. The molecule has 1 saturated carbocycles. The normalized spacial score (nSPS) is 47.7. The molecule has 0 aromatic carbocycles. The third-order valence-electron chi connectivity index (χ3n) is 3.61. The van der Waals surface area contributed by atoms with Gasteiger partial charge >= 0.3 is 5.97 Å². The first-order valence-corrected chi connectivity index (χ1v) is 6.60. The predicted octanol–water partition coefficient (Wildman–Crippen LogP) is 1.46. The summed E-state index contributed by atoms with van der Waals surface area (Å²) in [4.78, 5) is 14.1. The zero-order valence-electron chi connectivity index (χ0n) is 11.1. The van der Waals surface area contributed by atoms with Crippen LogP contribution in [0, 0.1) is 0 Å². The van der Waals surface area contributed by atoms with E-state index in [-0.39, 0.29) is 0 Å². The molecule has 0 aromatic rings. The summed E-state index contributed by atoms with van der Waals surface area (Å²) in [7, 11) is 0. The highest BCUT2D eigenvalue weighted by molar-refractivity contribution is 6.25. The maximum Gasteiger partial charge on any atom is 0.303 e. The number of alkyl halides is 1. The number of nitrogens with zero attached hydrogens (tertiary/aromatic N) is 3. The van der Waals surface area contributed by atoms with Gasteiger partial charge in [-0.1, -0.05) is 16.7 Å². The summed E-state index contributed by atoms with van der Waals surface area (Å²) in [6.07, 6.45) is -2.56. The Morgan fingerprint density at radius 3 is 2.65 bits per heavy atom. The fraction of sp³-hybridized carbons (Fsp3) is 0.909. The maximum absolute atomic E-state index is 11.3. The van der Waals surface area contributed by atoms with Crippen molar-refractivity contribution in [2.24, 2.45) is 5.11 Å². The molecule has 2 saturated heterocycles. The van der Waals surface area contributed by atoms with Crippen LogP contribution in [0.5, 0.6) is 0 Å². The van der Waals surface area contributed by atoms with Crippen LogP contribution in [0.1, 0.15) is 20.8 Å². The van der Waals surface area contributed by atoms with Gasteiger partial charge in [-0.15, -0.1) is 0 Å². The van der Waals surface area contributed by atoms with Crippen molar-refractivity contribution >= 4 is 17.6 Å². The van der Waals surface area contributed by atoms with Crippen LogP contribution in [0.4, 0.5) is 0 Å². The Kier molecular flexibility index (Phi) is 2.94. The van der Waals surface area contributed by atoms with Crippen LogP contribution in [0.2, 0.25) is 0 Å². The number of esters is 1. The van der Waals surface area contributed by atoms with Gasteiger partial charge in [0.05, 0.1) is 0 Å². The lowest BCUT2D eigenvalue weighted by Gasteiger charge is -2.34. The van der Waals surface area contributed by atoms with Crippen LogP contribution < -0.4 is 0 Å². The highest BCUT2D eigenvalue weighted by Crippen LogP contribution is 2.57. The minimum absolute atomic E-state index is 0.497.